The molecule has 2 N–H and O–H groups in total. The van der Waals surface area contributed by atoms with Crippen molar-refractivity contribution in [2.24, 2.45) is 0 Å². The van der Waals surface area contributed by atoms with Gasteiger partial charge < -0.3 is 5.32 Å². The van der Waals surface area contributed by atoms with E-state index in [9.17, 15) is 22.0 Å². The molecule has 0 saturated heterocycles. The molecule has 0 heterocycles. The number of sulfonamides is 1. The molecule has 2 aromatic carbocycles. The molecule has 5 nitrogen and oxygen atoms in total. The number of hydrogen-bond donors (Lipinski definition) is 2. The van der Waals surface area contributed by atoms with E-state index in [0.717, 1.165) is 23.8 Å². The summed E-state index contributed by atoms with van der Waals surface area (Å²) in [6, 6.07) is 9.13. The number of carbonyl (C=O) groups is 1. The van der Waals surface area contributed by atoms with Gasteiger partial charge >= 0.3 is 0 Å². The van der Waals surface area contributed by atoms with E-state index >= 15 is 0 Å². The minimum atomic E-state index is -3.88. The zero-order valence-corrected chi connectivity index (χ0v) is 13.0. The molecule has 0 radical (unpaired) electrons. The lowest BCUT2D eigenvalue weighted by molar-refractivity contribution is -0.115. The van der Waals surface area contributed by atoms with Gasteiger partial charge in [0, 0.05) is 0 Å². The molecule has 1 amide bonds. The lowest BCUT2D eigenvalue weighted by Gasteiger charge is -2.09. The molecule has 0 aliphatic rings. The Kier molecular flexibility index (Phi) is 5.07. The molecular formula is C15H14F2N2O3S. The van der Waals surface area contributed by atoms with Crippen molar-refractivity contribution in [1.29, 1.82) is 0 Å². The van der Waals surface area contributed by atoms with E-state index in [1.54, 1.807) is 19.1 Å². The van der Waals surface area contributed by atoms with E-state index in [1.165, 1.54) is 12.1 Å². The number of rotatable bonds is 5. The van der Waals surface area contributed by atoms with Gasteiger partial charge in [-0.2, -0.15) is 0 Å². The number of benzene rings is 2. The highest BCUT2D eigenvalue weighted by Crippen LogP contribution is 2.17. The van der Waals surface area contributed by atoms with Crippen molar-refractivity contribution in [1.82, 2.24) is 4.72 Å². The Bertz CT molecular complexity index is 801. The molecule has 0 aliphatic heterocycles. The van der Waals surface area contributed by atoms with E-state index < -0.39 is 39.8 Å². The van der Waals surface area contributed by atoms with Gasteiger partial charge in [0.15, 0.2) is 0 Å². The van der Waals surface area contributed by atoms with E-state index in [0.29, 0.717) is 0 Å². The lowest BCUT2D eigenvalue weighted by atomic mass is 10.2. The van der Waals surface area contributed by atoms with Crippen molar-refractivity contribution in [2.75, 3.05) is 11.9 Å². The van der Waals surface area contributed by atoms with Crippen LogP contribution in [-0.4, -0.2) is 20.9 Å². The molecule has 0 fully saturated rings. The van der Waals surface area contributed by atoms with Crippen LogP contribution in [0.5, 0.6) is 0 Å². The third-order valence-corrected chi connectivity index (χ3v) is 4.40. The Labute approximate surface area is 132 Å². The molecule has 8 heteroatoms. The highest BCUT2D eigenvalue weighted by atomic mass is 32.2. The first kappa shape index (κ1) is 17.0. The molecule has 0 atom stereocenters. The van der Waals surface area contributed by atoms with Crippen LogP contribution in [0.15, 0.2) is 47.4 Å². The quantitative estimate of drug-likeness (QED) is 0.876. The van der Waals surface area contributed by atoms with Crippen LogP contribution in [0.4, 0.5) is 14.5 Å². The molecule has 0 bridgehead atoms. The summed E-state index contributed by atoms with van der Waals surface area (Å²) < 4.78 is 52.8. The summed E-state index contributed by atoms with van der Waals surface area (Å²) >= 11 is 0. The van der Waals surface area contributed by atoms with Crippen LogP contribution in [0.1, 0.15) is 5.56 Å². The number of anilines is 1. The Morgan fingerprint density at radius 2 is 1.61 bits per heavy atom. The fraction of sp³-hybridized carbons (Fsp3) is 0.133. The van der Waals surface area contributed by atoms with E-state index in [2.05, 4.69) is 4.72 Å². The molecule has 0 unspecified atom stereocenters. The van der Waals surface area contributed by atoms with Crippen LogP contribution in [-0.2, 0) is 14.8 Å². The van der Waals surface area contributed by atoms with Crippen molar-refractivity contribution in [3.05, 3.63) is 59.7 Å². The fourth-order valence-electron chi connectivity index (χ4n) is 1.76. The standard InChI is InChI=1S/C15H14F2N2O3S/c1-10-5-7-11(8-6-10)23(21,22)18-9-14(20)19-15-12(16)3-2-4-13(15)17/h2-8,18H,9H2,1H3,(H,19,20). The molecule has 23 heavy (non-hydrogen) atoms. The van der Waals surface area contributed by atoms with Crippen LogP contribution in [0, 0.1) is 18.6 Å². The van der Waals surface area contributed by atoms with Gasteiger partial charge in [-0.1, -0.05) is 23.8 Å². The summed E-state index contributed by atoms with van der Waals surface area (Å²) in [5.74, 6) is -2.77. The average Bonchev–Trinajstić information content (AvgIpc) is 2.50. The van der Waals surface area contributed by atoms with Crippen molar-refractivity contribution in [2.45, 2.75) is 11.8 Å². The summed E-state index contributed by atoms with van der Waals surface area (Å²) in [6.45, 7) is 1.16. The molecule has 0 aliphatic carbocycles. The minimum Gasteiger partial charge on any atom is -0.320 e. The zero-order valence-electron chi connectivity index (χ0n) is 12.1. The van der Waals surface area contributed by atoms with Crippen LogP contribution in [0.3, 0.4) is 0 Å². The van der Waals surface area contributed by atoms with Gasteiger partial charge in [-0.3, -0.25) is 4.79 Å². The van der Waals surface area contributed by atoms with E-state index in [4.69, 9.17) is 0 Å². The highest BCUT2D eigenvalue weighted by molar-refractivity contribution is 7.89. The smallest absolute Gasteiger partial charge is 0.241 e. The third-order valence-electron chi connectivity index (χ3n) is 2.98. The van der Waals surface area contributed by atoms with Gasteiger partial charge in [-0.25, -0.2) is 21.9 Å². The van der Waals surface area contributed by atoms with E-state index in [1.807, 2.05) is 5.32 Å². The van der Waals surface area contributed by atoms with Crippen LogP contribution in [0.25, 0.3) is 0 Å². The molecule has 2 rings (SSSR count). The number of amides is 1. The van der Waals surface area contributed by atoms with Gasteiger partial charge in [-0.05, 0) is 31.2 Å². The highest BCUT2D eigenvalue weighted by Gasteiger charge is 2.17. The summed E-state index contributed by atoms with van der Waals surface area (Å²) in [6.07, 6.45) is 0. The second kappa shape index (κ2) is 6.84. The number of para-hydroxylation sites is 1. The topological polar surface area (TPSA) is 75.3 Å². The van der Waals surface area contributed by atoms with Crippen molar-refractivity contribution in [3.63, 3.8) is 0 Å². The largest absolute Gasteiger partial charge is 0.320 e. The first-order valence-electron chi connectivity index (χ1n) is 6.60. The molecule has 0 aromatic heterocycles. The molecule has 0 saturated carbocycles. The Balaban J connectivity index is 2.03. The monoisotopic (exact) mass is 340 g/mol. The number of hydrogen-bond acceptors (Lipinski definition) is 3. The summed E-state index contributed by atoms with van der Waals surface area (Å²) in [5.41, 5.74) is 0.267. The normalized spacial score (nSPS) is 11.3. The average molecular weight is 340 g/mol. The maximum Gasteiger partial charge on any atom is 0.241 e. The van der Waals surface area contributed by atoms with E-state index in [-0.39, 0.29) is 4.90 Å². The molecule has 122 valence electrons. The second-order valence-corrected chi connectivity index (χ2v) is 6.55. The number of halogens is 2. The first-order valence-corrected chi connectivity index (χ1v) is 8.08. The van der Waals surface area contributed by atoms with Gasteiger partial charge in [0.1, 0.15) is 17.3 Å². The van der Waals surface area contributed by atoms with Gasteiger partial charge in [0.2, 0.25) is 15.9 Å². The lowest BCUT2D eigenvalue weighted by Crippen LogP contribution is -2.33. The molecule has 0 spiro atoms. The molecular weight excluding hydrogens is 326 g/mol. The Morgan fingerprint density at radius 3 is 2.17 bits per heavy atom. The minimum absolute atomic E-state index is 0.00651. The second-order valence-electron chi connectivity index (χ2n) is 4.78. The summed E-state index contributed by atoms with van der Waals surface area (Å²) in [7, 11) is -3.88. The van der Waals surface area contributed by atoms with Gasteiger partial charge in [0.05, 0.1) is 11.4 Å². The number of nitrogens with one attached hydrogen (secondary N) is 2. The van der Waals surface area contributed by atoms with Crippen LogP contribution >= 0.6 is 0 Å². The zero-order chi connectivity index (χ0) is 17.0. The van der Waals surface area contributed by atoms with Crippen LogP contribution in [0.2, 0.25) is 0 Å². The number of carbonyl (C=O) groups excluding carboxylic acids is 1. The third kappa shape index (κ3) is 4.33. The SMILES string of the molecule is Cc1ccc(S(=O)(=O)NCC(=O)Nc2c(F)cccc2F)cc1. The van der Waals surface area contributed by atoms with Crippen molar-refractivity contribution < 1.29 is 22.0 Å². The maximum absolute atomic E-state index is 13.4. The van der Waals surface area contributed by atoms with Gasteiger partial charge in [-0.15, -0.1) is 0 Å². The van der Waals surface area contributed by atoms with Crippen molar-refractivity contribution in [3.8, 4) is 0 Å². The fourth-order valence-corrected chi connectivity index (χ4v) is 2.74. The molecule has 2 aromatic rings. The van der Waals surface area contributed by atoms with Gasteiger partial charge in [0.25, 0.3) is 0 Å². The number of aryl methyl sites for hydroxylation is 1. The predicted octanol–water partition coefficient (Wildman–Crippen LogP) is 2.19. The summed E-state index contributed by atoms with van der Waals surface area (Å²) in [4.78, 5) is 11.7. The summed E-state index contributed by atoms with van der Waals surface area (Å²) in [5, 5.41) is 2.00. The Hall–Kier alpha value is -2.32. The predicted molar refractivity (Wildman–Crippen MR) is 81.4 cm³/mol. The van der Waals surface area contributed by atoms with Crippen molar-refractivity contribution >= 4 is 21.6 Å². The Morgan fingerprint density at radius 1 is 1.04 bits per heavy atom. The maximum atomic E-state index is 13.4. The van der Waals surface area contributed by atoms with Crippen LogP contribution < -0.4 is 10.0 Å². The first-order chi connectivity index (χ1) is 10.8.